The van der Waals surface area contributed by atoms with Crippen LogP contribution in [0, 0.1) is 0 Å². The van der Waals surface area contributed by atoms with E-state index in [1.165, 1.54) is 5.56 Å². The number of hydrazone groups is 1. The van der Waals surface area contributed by atoms with Crippen molar-refractivity contribution >= 4 is 17.7 Å². The van der Waals surface area contributed by atoms with Gasteiger partial charge in [-0.3, -0.25) is 4.79 Å². The predicted octanol–water partition coefficient (Wildman–Crippen LogP) is 1.87. The first-order valence-corrected chi connectivity index (χ1v) is 10.5. The number of rotatable bonds is 7. The van der Waals surface area contributed by atoms with E-state index in [-0.39, 0.29) is 18.3 Å². The van der Waals surface area contributed by atoms with Gasteiger partial charge >= 0.3 is 0 Å². The minimum Gasteiger partial charge on any atom is -1.00 e. The van der Waals surface area contributed by atoms with Crippen LogP contribution in [0.3, 0.4) is 0 Å². The van der Waals surface area contributed by atoms with Gasteiger partial charge in [-0.25, -0.2) is 9.99 Å². The van der Waals surface area contributed by atoms with Crippen LogP contribution in [0.5, 0.6) is 0 Å². The molecule has 164 valence electrons. The fraction of sp³-hybridized carbons (Fsp3) is 0.0357. The summed E-state index contributed by atoms with van der Waals surface area (Å²) in [6, 6.07) is 33.6. The first-order chi connectivity index (χ1) is 15.8. The summed E-state index contributed by atoms with van der Waals surface area (Å²) < 4.78 is 2.04. The van der Waals surface area contributed by atoms with Crippen molar-refractivity contribution in [1.29, 1.82) is 0 Å². The topological polar surface area (TPSA) is 45.3 Å². The second kappa shape index (κ2) is 12.1. The molecule has 0 aliphatic rings. The molecule has 4 rings (SSSR count). The third-order valence-electron chi connectivity index (χ3n) is 4.94. The van der Waals surface area contributed by atoms with Gasteiger partial charge in [-0.2, -0.15) is 5.10 Å². The van der Waals surface area contributed by atoms with Gasteiger partial charge < -0.3 is 12.4 Å². The third kappa shape index (κ3) is 6.99. The highest BCUT2D eigenvalue weighted by Crippen LogP contribution is 2.07. The molecule has 0 unspecified atom stereocenters. The highest BCUT2D eigenvalue weighted by atomic mass is 35.5. The van der Waals surface area contributed by atoms with Gasteiger partial charge in [-0.1, -0.05) is 97.1 Å². The maximum absolute atomic E-state index is 12.7. The molecule has 0 saturated carbocycles. The van der Waals surface area contributed by atoms with E-state index in [0.29, 0.717) is 11.3 Å². The molecule has 0 aliphatic carbocycles. The minimum atomic E-state index is -0.251. The molecule has 3 aromatic carbocycles. The van der Waals surface area contributed by atoms with Crippen LogP contribution in [0.4, 0.5) is 0 Å². The molecule has 4 nitrogen and oxygen atoms in total. The van der Waals surface area contributed by atoms with Crippen LogP contribution in [0.2, 0.25) is 0 Å². The van der Waals surface area contributed by atoms with Gasteiger partial charge in [0.25, 0.3) is 5.91 Å². The van der Waals surface area contributed by atoms with Crippen LogP contribution >= 0.6 is 0 Å². The number of amides is 1. The molecule has 0 fully saturated rings. The van der Waals surface area contributed by atoms with Gasteiger partial charge in [-0.15, -0.1) is 0 Å². The molecule has 0 bridgehead atoms. The standard InChI is InChI=1S/C28H23N3O.ClH/c32-28(26-18-20-31(21-19-26)22-24-12-6-2-7-13-24)30-29-27(25-14-8-3-9-15-25)17-16-23-10-4-1-5-11-23;/h1-21H,22H2;1H. The summed E-state index contributed by atoms with van der Waals surface area (Å²) in [5, 5.41) is 4.40. The lowest BCUT2D eigenvalue weighted by molar-refractivity contribution is -0.688. The van der Waals surface area contributed by atoms with E-state index in [1.54, 1.807) is 12.1 Å². The van der Waals surface area contributed by atoms with Crippen molar-refractivity contribution < 1.29 is 21.8 Å². The molecule has 0 atom stereocenters. The van der Waals surface area contributed by atoms with E-state index in [2.05, 4.69) is 22.7 Å². The number of hydrogen-bond acceptors (Lipinski definition) is 2. The normalized spacial score (nSPS) is 11.1. The number of benzene rings is 3. The Balaban J connectivity index is 0.00000306. The Labute approximate surface area is 200 Å². The number of allylic oxidation sites excluding steroid dienone is 1. The number of halogens is 1. The lowest BCUT2D eigenvalue weighted by Gasteiger charge is -2.04. The molecule has 1 N–H and O–H groups in total. The summed E-state index contributed by atoms with van der Waals surface area (Å²) in [6.45, 7) is 0.753. The number of nitrogens with one attached hydrogen (secondary N) is 1. The van der Waals surface area contributed by atoms with Gasteiger partial charge in [0.15, 0.2) is 18.9 Å². The number of carbonyl (C=O) groups excluding carboxylic acids is 1. The van der Waals surface area contributed by atoms with E-state index in [9.17, 15) is 4.79 Å². The van der Waals surface area contributed by atoms with Crippen molar-refractivity contribution in [2.45, 2.75) is 6.54 Å². The van der Waals surface area contributed by atoms with Gasteiger partial charge in [0.05, 0.1) is 11.3 Å². The Bertz CT molecular complexity index is 1210. The molecular weight excluding hydrogens is 430 g/mol. The third-order valence-corrected chi connectivity index (χ3v) is 4.94. The van der Waals surface area contributed by atoms with Crippen LogP contribution in [-0.4, -0.2) is 11.6 Å². The molecule has 0 aliphatic heterocycles. The first-order valence-electron chi connectivity index (χ1n) is 10.5. The molecule has 4 aromatic rings. The number of aromatic nitrogens is 1. The van der Waals surface area contributed by atoms with Crippen molar-refractivity contribution in [2.24, 2.45) is 5.10 Å². The van der Waals surface area contributed by atoms with E-state index in [4.69, 9.17) is 0 Å². The summed E-state index contributed by atoms with van der Waals surface area (Å²) >= 11 is 0. The van der Waals surface area contributed by atoms with Crippen LogP contribution in [-0.2, 0) is 6.54 Å². The lowest BCUT2D eigenvalue weighted by atomic mass is 10.1. The summed E-state index contributed by atoms with van der Waals surface area (Å²) in [5.41, 5.74) is 7.12. The minimum absolute atomic E-state index is 0. The number of pyridine rings is 1. The summed E-state index contributed by atoms with van der Waals surface area (Å²) in [7, 11) is 0. The van der Waals surface area contributed by atoms with Crippen LogP contribution in [0.15, 0.2) is 127 Å². The fourth-order valence-electron chi connectivity index (χ4n) is 3.23. The maximum atomic E-state index is 12.7. The van der Waals surface area contributed by atoms with Crippen molar-refractivity contribution in [2.75, 3.05) is 0 Å². The lowest BCUT2D eigenvalue weighted by Crippen LogP contribution is -3.00. The Morgan fingerprint density at radius 2 is 1.33 bits per heavy atom. The van der Waals surface area contributed by atoms with Crippen LogP contribution in [0.25, 0.3) is 6.08 Å². The largest absolute Gasteiger partial charge is 1.00 e. The van der Waals surface area contributed by atoms with Crippen LogP contribution < -0.4 is 22.4 Å². The Morgan fingerprint density at radius 1 is 0.758 bits per heavy atom. The highest BCUT2D eigenvalue weighted by molar-refractivity contribution is 6.11. The van der Waals surface area contributed by atoms with Crippen molar-refractivity contribution in [1.82, 2.24) is 5.43 Å². The highest BCUT2D eigenvalue weighted by Gasteiger charge is 2.09. The van der Waals surface area contributed by atoms with Crippen molar-refractivity contribution in [3.63, 3.8) is 0 Å². The molecule has 33 heavy (non-hydrogen) atoms. The van der Waals surface area contributed by atoms with Gasteiger partial charge in [0.2, 0.25) is 0 Å². The average Bonchev–Trinajstić information content (AvgIpc) is 2.86. The molecule has 0 spiro atoms. The zero-order chi connectivity index (χ0) is 22.0. The Hall–Kier alpha value is -4.02. The summed E-state index contributed by atoms with van der Waals surface area (Å²) in [6.07, 6.45) is 7.69. The molecule has 5 heteroatoms. The number of carbonyl (C=O) groups is 1. The first kappa shape index (κ1) is 23.6. The predicted molar refractivity (Wildman–Crippen MR) is 128 cm³/mol. The van der Waals surface area contributed by atoms with Gasteiger partial charge in [0.1, 0.15) is 0 Å². The molecule has 0 saturated heterocycles. The quantitative estimate of drug-likeness (QED) is 0.259. The van der Waals surface area contributed by atoms with E-state index >= 15 is 0 Å². The molecule has 1 amide bonds. The molecular formula is C28H24ClN3O. The molecule has 1 aromatic heterocycles. The van der Waals surface area contributed by atoms with Gasteiger partial charge in [-0.05, 0) is 11.6 Å². The maximum Gasteiger partial charge on any atom is 0.271 e. The summed E-state index contributed by atoms with van der Waals surface area (Å²) in [5.74, 6) is -0.251. The Kier molecular flexibility index (Phi) is 8.69. The van der Waals surface area contributed by atoms with Crippen molar-refractivity contribution in [3.8, 4) is 0 Å². The molecule has 1 heterocycles. The van der Waals surface area contributed by atoms with E-state index in [1.807, 2.05) is 108 Å². The Morgan fingerprint density at radius 3 is 1.97 bits per heavy atom. The van der Waals surface area contributed by atoms with Gasteiger partial charge in [0, 0.05) is 23.3 Å². The smallest absolute Gasteiger partial charge is 0.271 e. The second-order valence-electron chi connectivity index (χ2n) is 7.29. The average molecular weight is 454 g/mol. The number of hydrogen-bond donors (Lipinski definition) is 1. The van der Waals surface area contributed by atoms with Crippen molar-refractivity contribution in [3.05, 3.63) is 144 Å². The molecule has 0 radical (unpaired) electrons. The number of nitrogens with zero attached hydrogens (tertiary/aromatic N) is 2. The summed E-state index contributed by atoms with van der Waals surface area (Å²) in [4.78, 5) is 12.7. The SMILES string of the molecule is O=C(NN=C(C=Cc1ccccc1)c1ccccc1)c1cc[n+](Cc2ccccc2)cc1.[Cl-]. The van der Waals surface area contributed by atoms with E-state index < -0.39 is 0 Å². The monoisotopic (exact) mass is 453 g/mol. The zero-order valence-corrected chi connectivity index (χ0v) is 18.8. The van der Waals surface area contributed by atoms with E-state index in [0.717, 1.165) is 17.7 Å². The zero-order valence-electron chi connectivity index (χ0n) is 18.0. The van der Waals surface area contributed by atoms with Crippen LogP contribution in [0.1, 0.15) is 27.0 Å². The fourth-order valence-corrected chi connectivity index (χ4v) is 3.23. The second-order valence-corrected chi connectivity index (χ2v) is 7.29.